The van der Waals surface area contributed by atoms with Crippen molar-refractivity contribution in [3.05, 3.63) is 24.3 Å². The Labute approximate surface area is 249 Å². The standard InChI is InChI=1S/C38H75N/c1-4-6-8-10-12-14-16-18-20-22-24-26-28-30-32-34-36-38-39(3)37-35-33-31-29-27-25-23-21-19-17-15-13-11-9-7-5-2/h18-21H,4-17,22-38H2,1-3H3. The predicted molar refractivity (Wildman–Crippen MR) is 181 cm³/mol. The van der Waals surface area contributed by atoms with E-state index in [1.165, 1.54) is 199 Å². The average molecular weight is 546 g/mol. The zero-order valence-electron chi connectivity index (χ0n) is 27.7. The molecule has 1 heteroatoms. The van der Waals surface area contributed by atoms with Crippen molar-refractivity contribution in [1.29, 1.82) is 0 Å². The zero-order valence-corrected chi connectivity index (χ0v) is 27.7. The SMILES string of the molecule is CCCCCCCCC=CCCCCCCCCCN(C)CCCCCCCCC=CCCCCCCCC. The molecule has 0 heterocycles. The number of hydrogen-bond acceptors (Lipinski definition) is 1. The van der Waals surface area contributed by atoms with Gasteiger partial charge in [-0.05, 0) is 84.3 Å². The normalized spacial score (nSPS) is 12.1. The minimum Gasteiger partial charge on any atom is -0.306 e. The largest absolute Gasteiger partial charge is 0.306 e. The van der Waals surface area contributed by atoms with E-state index in [0.717, 1.165) is 0 Å². The number of unbranched alkanes of at least 4 members (excludes halogenated alkanes) is 25. The highest BCUT2D eigenvalue weighted by Gasteiger charge is 1.99. The molecule has 0 fully saturated rings. The van der Waals surface area contributed by atoms with Gasteiger partial charge >= 0.3 is 0 Å². The molecule has 0 unspecified atom stereocenters. The molecule has 0 radical (unpaired) electrons. The fourth-order valence-corrected chi connectivity index (χ4v) is 5.55. The molecule has 0 spiro atoms. The number of rotatable bonds is 33. The number of nitrogens with zero attached hydrogens (tertiary/aromatic N) is 1. The first kappa shape index (κ1) is 38.4. The Morgan fingerprint density at radius 2 is 0.538 bits per heavy atom. The van der Waals surface area contributed by atoms with Gasteiger partial charge in [-0.1, -0.05) is 160 Å². The van der Waals surface area contributed by atoms with Gasteiger partial charge in [-0.25, -0.2) is 0 Å². The van der Waals surface area contributed by atoms with Crippen LogP contribution in [0.3, 0.4) is 0 Å². The van der Waals surface area contributed by atoms with Crippen molar-refractivity contribution in [1.82, 2.24) is 4.90 Å². The van der Waals surface area contributed by atoms with Crippen molar-refractivity contribution in [2.75, 3.05) is 20.1 Å². The molecule has 0 aromatic heterocycles. The maximum Gasteiger partial charge on any atom is -0.00218 e. The lowest BCUT2D eigenvalue weighted by Gasteiger charge is -2.16. The molecule has 0 aliphatic carbocycles. The first-order valence-corrected chi connectivity index (χ1v) is 18.3. The van der Waals surface area contributed by atoms with E-state index in [9.17, 15) is 0 Å². The van der Waals surface area contributed by atoms with Gasteiger partial charge in [0.05, 0.1) is 0 Å². The van der Waals surface area contributed by atoms with E-state index in [-0.39, 0.29) is 0 Å². The van der Waals surface area contributed by atoms with Crippen LogP contribution in [-0.4, -0.2) is 25.0 Å². The third-order valence-electron chi connectivity index (χ3n) is 8.35. The first-order chi connectivity index (χ1) is 19.3. The Kier molecular flexibility index (Phi) is 35.0. The smallest absolute Gasteiger partial charge is 0.00218 e. The Bertz CT molecular complexity index is 479. The van der Waals surface area contributed by atoms with Crippen LogP contribution in [-0.2, 0) is 0 Å². The van der Waals surface area contributed by atoms with Gasteiger partial charge in [0.1, 0.15) is 0 Å². The molecule has 0 saturated heterocycles. The average Bonchev–Trinajstić information content (AvgIpc) is 2.94. The van der Waals surface area contributed by atoms with E-state index >= 15 is 0 Å². The molecule has 0 N–H and O–H groups in total. The Morgan fingerprint density at radius 3 is 0.821 bits per heavy atom. The Hall–Kier alpha value is -0.560. The highest BCUT2D eigenvalue weighted by atomic mass is 15.1. The summed E-state index contributed by atoms with van der Waals surface area (Å²) >= 11 is 0. The van der Waals surface area contributed by atoms with E-state index in [2.05, 4.69) is 50.1 Å². The quantitative estimate of drug-likeness (QED) is 0.0585. The first-order valence-electron chi connectivity index (χ1n) is 18.3. The van der Waals surface area contributed by atoms with Gasteiger partial charge in [0.25, 0.3) is 0 Å². The highest BCUT2D eigenvalue weighted by Crippen LogP contribution is 2.12. The van der Waals surface area contributed by atoms with Gasteiger partial charge in [0, 0.05) is 0 Å². The van der Waals surface area contributed by atoms with Crippen LogP contribution in [0.5, 0.6) is 0 Å². The lowest BCUT2D eigenvalue weighted by atomic mass is 10.1. The van der Waals surface area contributed by atoms with Gasteiger partial charge in [0.15, 0.2) is 0 Å². The lowest BCUT2D eigenvalue weighted by molar-refractivity contribution is 0.314. The van der Waals surface area contributed by atoms with E-state index in [1.54, 1.807) is 0 Å². The summed E-state index contributed by atoms with van der Waals surface area (Å²) in [5, 5.41) is 0. The monoisotopic (exact) mass is 546 g/mol. The molecular weight excluding hydrogens is 470 g/mol. The van der Waals surface area contributed by atoms with Crippen LogP contribution < -0.4 is 0 Å². The number of allylic oxidation sites excluding steroid dienone is 4. The van der Waals surface area contributed by atoms with Gasteiger partial charge in [-0.2, -0.15) is 0 Å². The van der Waals surface area contributed by atoms with E-state index in [1.807, 2.05) is 0 Å². The topological polar surface area (TPSA) is 3.24 Å². The highest BCUT2D eigenvalue weighted by molar-refractivity contribution is 4.82. The van der Waals surface area contributed by atoms with E-state index in [4.69, 9.17) is 0 Å². The number of hydrogen-bond donors (Lipinski definition) is 0. The van der Waals surface area contributed by atoms with Crippen molar-refractivity contribution >= 4 is 0 Å². The maximum atomic E-state index is 2.58. The molecule has 39 heavy (non-hydrogen) atoms. The van der Waals surface area contributed by atoms with E-state index in [0.29, 0.717) is 0 Å². The Morgan fingerprint density at radius 1 is 0.308 bits per heavy atom. The minimum absolute atomic E-state index is 1.30. The summed E-state index contributed by atoms with van der Waals surface area (Å²) in [5.74, 6) is 0. The zero-order chi connectivity index (χ0) is 28.3. The summed E-state index contributed by atoms with van der Waals surface area (Å²) < 4.78 is 0. The van der Waals surface area contributed by atoms with Crippen LogP contribution in [0.15, 0.2) is 24.3 Å². The molecule has 1 nitrogen and oxygen atoms in total. The molecule has 0 aromatic rings. The van der Waals surface area contributed by atoms with Gasteiger partial charge in [0.2, 0.25) is 0 Å². The fourth-order valence-electron chi connectivity index (χ4n) is 5.55. The van der Waals surface area contributed by atoms with Crippen molar-refractivity contribution in [3.8, 4) is 0 Å². The molecule has 0 aliphatic heterocycles. The summed E-state index contributed by atoms with van der Waals surface area (Å²) in [6.07, 6.45) is 50.4. The predicted octanol–water partition coefficient (Wildman–Crippen LogP) is 13.4. The molecule has 232 valence electrons. The molecule has 0 rings (SSSR count). The summed E-state index contributed by atoms with van der Waals surface area (Å²) in [7, 11) is 2.33. The summed E-state index contributed by atoms with van der Waals surface area (Å²) in [6.45, 7) is 7.19. The van der Waals surface area contributed by atoms with Crippen LogP contribution in [0.1, 0.15) is 200 Å². The summed E-state index contributed by atoms with van der Waals surface area (Å²) in [4.78, 5) is 2.58. The molecular formula is C38H75N. The van der Waals surface area contributed by atoms with Crippen molar-refractivity contribution in [2.45, 2.75) is 200 Å². The summed E-state index contributed by atoms with van der Waals surface area (Å²) in [6, 6.07) is 0. The second kappa shape index (κ2) is 35.5. The van der Waals surface area contributed by atoms with Gasteiger partial charge < -0.3 is 4.90 Å². The van der Waals surface area contributed by atoms with Gasteiger partial charge in [-0.3, -0.25) is 0 Å². The Balaban J connectivity index is 3.22. The minimum atomic E-state index is 1.30. The third kappa shape index (κ3) is 35.4. The third-order valence-corrected chi connectivity index (χ3v) is 8.35. The lowest BCUT2D eigenvalue weighted by Crippen LogP contribution is -2.20. The van der Waals surface area contributed by atoms with Crippen LogP contribution in [0.2, 0.25) is 0 Å². The molecule has 0 amide bonds. The van der Waals surface area contributed by atoms with Crippen molar-refractivity contribution < 1.29 is 0 Å². The van der Waals surface area contributed by atoms with Crippen LogP contribution >= 0.6 is 0 Å². The van der Waals surface area contributed by atoms with Crippen LogP contribution in [0.4, 0.5) is 0 Å². The molecule has 0 bridgehead atoms. The fraction of sp³-hybridized carbons (Fsp3) is 0.895. The molecule has 0 saturated carbocycles. The molecule has 0 aromatic carbocycles. The van der Waals surface area contributed by atoms with Crippen molar-refractivity contribution in [3.63, 3.8) is 0 Å². The van der Waals surface area contributed by atoms with Crippen LogP contribution in [0.25, 0.3) is 0 Å². The second-order valence-corrected chi connectivity index (χ2v) is 12.5. The van der Waals surface area contributed by atoms with E-state index < -0.39 is 0 Å². The van der Waals surface area contributed by atoms with Crippen LogP contribution in [0, 0.1) is 0 Å². The van der Waals surface area contributed by atoms with Crippen molar-refractivity contribution in [2.24, 2.45) is 0 Å². The molecule has 0 aliphatic rings. The maximum absolute atomic E-state index is 2.58. The summed E-state index contributed by atoms with van der Waals surface area (Å²) in [5.41, 5.74) is 0. The molecule has 0 atom stereocenters. The van der Waals surface area contributed by atoms with Gasteiger partial charge in [-0.15, -0.1) is 0 Å². The second-order valence-electron chi connectivity index (χ2n) is 12.5.